The molecule has 0 spiro atoms. The molecule has 0 radical (unpaired) electrons. The lowest BCUT2D eigenvalue weighted by atomic mass is 10.2. The van der Waals surface area contributed by atoms with E-state index in [-0.39, 0.29) is 23.3 Å². The van der Waals surface area contributed by atoms with Gasteiger partial charge in [0.25, 0.3) is 5.91 Å². The standard InChI is InChI=1S/C18H13Cl2N3O2S/c19-11-2-1-3-12(20)15(11)17(25)21-10-6-7-13-14(8-10)26-18(22-13)23-16(24)9-4-5-9/h1-3,6-9H,4-5H2,(H,21,25)(H,22,23,24). The summed E-state index contributed by atoms with van der Waals surface area (Å²) >= 11 is 13.5. The average molecular weight is 406 g/mol. The van der Waals surface area contributed by atoms with E-state index in [0.717, 1.165) is 23.1 Å². The fourth-order valence-electron chi connectivity index (χ4n) is 2.52. The van der Waals surface area contributed by atoms with E-state index in [0.29, 0.717) is 20.9 Å². The van der Waals surface area contributed by atoms with E-state index in [2.05, 4.69) is 15.6 Å². The summed E-state index contributed by atoms with van der Waals surface area (Å²) < 4.78 is 0.860. The summed E-state index contributed by atoms with van der Waals surface area (Å²) in [5.41, 5.74) is 1.59. The molecule has 1 aromatic heterocycles. The summed E-state index contributed by atoms with van der Waals surface area (Å²) in [5, 5.41) is 6.78. The fourth-order valence-corrected chi connectivity index (χ4v) is 3.99. The Labute approximate surface area is 163 Å². The number of hydrogen-bond donors (Lipinski definition) is 2. The van der Waals surface area contributed by atoms with E-state index < -0.39 is 0 Å². The molecule has 132 valence electrons. The van der Waals surface area contributed by atoms with Gasteiger partial charge in [-0.25, -0.2) is 4.98 Å². The minimum atomic E-state index is -0.383. The van der Waals surface area contributed by atoms with Crippen LogP contribution in [-0.4, -0.2) is 16.8 Å². The van der Waals surface area contributed by atoms with Gasteiger partial charge in [0.15, 0.2) is 5.13 Å². The molecule has 8 heteroatoms. The number of amides is 2. The highest BCUT2D eigenvalue weighted by Crippen LogP contribution is 2.33. The minimum absolute atomic E-state index is 0.0194. The maximum absolute atomic E-state index is 12.5. The number of carbonyl (C=O) groups excluding carboxylic acids is 2. The van der Waals surface area contributed by atoms with Crippen molar-refractivity contribution in [2.24, 2.45) is 5.92 Å². The zero-order valence-corrected chi connectivity index (χ0v) is 15.7. The number of rotatable bonds is 4. The van der Waals surface area contributed by atoms with Crippen LogP contribution >= 0.6 is 34.5 Å². The van der Waals surface area contributed by atoms with Crippen LogP contribution < -0.4 is 10.6 Å². The number of benzene rings is 2. The van der Waals surface area contributed by atoms with Crippen molar-refractivity contribution in [3.05, 3.63) is 52.0 Å². The lowest BCUT2D eigenvalue weighted by Crippen LogP contribution is -2.13. The van der Waals surface area contributed by atoms with Crippen molar-refractivity contribution < 1.29 is 9.59 Å². The quantitative estimate of drug-likeness (QED) is 0.625. The predicted octanol–water partition coefficient (Wildman–Crippen LogP) is 5.20. The molecule has 26 heavy (non-hydrogen) atoms. The van der Waals surface area contributed by atoms with E-state index >= 15 is 0 Å². The van der Waals surface area contributed by atoms with Gasteiger partial charge in [-0.2, -0.15) is 0 Å². The third-order valence-electron chi connectivity index (χ3n) is 4.01. The molecule has 3 aromatic rings. The SMILES string of the molecule is O=C(Nc1ccc2nc(NC(=O)C3CC3)sc2c1)c1c(Cl)cccc1Cl. The van der Waals surface area contributed by atoms with Crippen LogP contribution in [-0.2, 0) is 4.79 Å². The molecule has 0 atom stereocenters. The first kappa shape index (κ1) is 17.3. The van der Waals surface area contributed by atoms with Crippen molar-refractivity contribution >= 4 is 67.4 Å². The molecule has 1 aliphatic carbocycles. The van der Waals surface area contributed by atoms with Gasteiger partial charge >= 0.3 is 0 Å². The van der Waals surface area contributed by atoms with Gasteiger partial charge in [-0.05, 0) is 43.2 Å². The molecule has 0 unspecified atom stereocenters. The summed E-state index contributed by atoms with van der Waals surface area (Å²) in [4.78, 5) is 28.7. The summed E-state index contributed by atoms with van der Waals surface area (Å²) in [7, 11) is 0. The Bertz CT molecular complexity index is 1010. The molecule has 1 fully saturated rings. The van der Waals surface area contributed by atoms with Crippen molar-refractivity contribution in [2.75, 3.05) is 10.6 Å². The summed E-state index contributed by atoms with van der Waals surface area (Å²) in [6, 6.07) is 10.3. The molecule has 5 nitrogen and oxygen atoms in total. The van der Waals surface area contributed by atoms with Gasteiger partial charge in [-0.15, -0.1) is 0 Å². The van der Waals surface area contributed by atoms with Gasteiger partial charge < -0.3 is 10.6 Å². The number of hydrogen-bond acceptors (Lipinski definition) is 4. The Morgan fingerprint density at radius 2 is 1.81 bits per heavy atom. The minimum Gasteiger partial charge on any atom is -0.322 e. The zero-order valence-electron chi connectivity index (χ0n) is 13.4. The predicted molar refractivity (Wildman–Crippen MR) is 105 cm³/mol. The first-order valence-electron chi connectivity index (χ1n) is 7.98. The van der Waals surface area contributed by atoms with Crippen molar-refractivity contribution in [3.8, 4) is 0 Å². The molecule has 4 rings (SSSR count). The average Bonchev–Trinajstić information content (AvgIpc) is 3.36. The highest BCUT2D eigenvalue weighted by Gasteiger charge is 2.30. The Morgan fingerprint density at radius 3 is 2.50 bits per heavy atom. The van der Waals surface area contributed by atoms with Crippen molar-refractivity contribution in [2.45, 2.75) is 12.8 Å². The molecular formula is C18H13Cl2N3O2S. The molecular weight excluding hydrogens is 393 g/mol. The van der Waals surface area contributed by atoms with Crippen molar-refractivity contribution in [3.63, 3.8) is 0 Å². The van der Waals surface area contributed by atoms with Gasteiger partial charge in [0.1, 0.15) is 0 Å². The van der Waals surface area contributed by atoms with Gasteiger partial charge in [-0.1, -0.05) is 40.6 Å². The van der Waals surface area contributed by atoms with Gasteiger partial charge in [-0.3, -0.25) is 9.59 Å². The van der Waals surface area contributed by atoms with E-state index in [1.165, 1.54) is 11.3 Å². The van der Waals surface area contributed by atoms with E-state index in [9.17, 15) is 9.59 Å². The Balaban J connectivity index is 1.55. The second-order valence-corrected chi connectivity index (χ2v) is 7.86. The topological polar surface area (TPSA) is 71.1 Å². The number of nitrogens with zero attached hydrogens (tertiary/aromatic N) is 1. The number of fused-ring (bicyclic) bond motifs is 1. The Hall–Kier alpha value is -2.15. The first-order valence-corrected chi connectivity index (χ1v) is 9.55. The lowest BCUT2D eigenvalue weighted by molar-refractivity contribution is -0.117. The van der Waals surface area contributed by atoms with Gasteiger partial charge in [0, 0.05) is 11.6 Å². The third-order valence-corrected chi connectivity index (χ3v) is 5.58. The highest BCUT2D eigenvalue weighted by molar-refractivity contribution is 7.22. The molecule has 1 aliphatic rings. The van der Waals surface area contributed by atoms with E-state index in [1.54, 1.807) is 30.3 Å². The Morgan fingerprint density at radius 1 is 1.08 bits per heavy atom. The molecule has 1 heterocycles. The van der Waals surface area contributed by atoms with Crippen LogP contribution in [0.4, 0.5) is 10.8 Å². The summed E-state index contributed by atoms with van der Waals surface area (Å²) in [6.45, 7) is 0. The normalized spacial score (nSPS) is 13.6. The van der Waals surface area contributed by atoms with Crippen LogP contribution in [0.25, 0.3) is 10.2 Å². The molecule has 0 bridgehead atoms. The van der Waals surface area contributed by atoms with Crippen LogP contribution in [0.15, 0.2) is 36.4 Å². The second kappa shape index (κ2) is 6.87. The monoisotopic (exact) mass is 405 g/mol. The first-order chi connectivity index (χ1) is 12.5. The molecule has 2 amide bonds. The number of nitrogens with one attached hydrogen (secondary N) is 2. The summed E-state index contributed by atoms with van der Waals surface area (Å²) in [5.74, 6) is -0.241. The van der Waals surface area contributed by atoms with E-state index in [4.69, 9.17) is 23.2 Å². The van der Waals surface area contributed by atoms with Crippen LogP contribution in [0.1, 0.15) is 23.2 Å². The lowest BCUT2D eigenvalue weighted by Gasteiger charge is -2.08. The number of thiazole rings is 1. The van der Waals surface area contributed by atoms with Crippen LogP contribution in [0.5, 0.6) is 0 Å². The molecule has 0 saturated heterocycles. The highest BCUT2D eigenvalue weighted by atomic mass is 35.5. The smallest absolute Gasteiger partial charge is 0.258 e. The molecule has 2 aromatic carbocycles. The number of carbonyl (C=O) groups is 2. The number of aromatic nitrogens is 1. The molecule has 2 N–H and O–H groups in total. The Kier molecular flexibility index (Phi) is 4.56. The maximum Gasteiger partial charge on any atom is 0.258 e. The van der Waals surface area contributed by atoms with Gasteiger partial charge in [0.05, 0.1) is 25.8 Å². The van der Waals surface area contributed by atoms with Crippen LogP contribution in [0.3, 0.4) is 0 Å². The number of halogens is 2. The maximum atomic E-state index is 12.5. The zero-order chi connectivity index (χ0) is 18.3. The summed E-state index contributed by atoms with van der Waals surface area (Å²) in [6.07, 6.45) is 1.88. The van der Waals surface area contributed by atoms with Crippen LogP contribution in [0.2, 0.25) is 10.0 Å². The van der Waals surface area contributed by atoms with Crippen molar-refractivity contribution in [1.29, 1.82) is 0 Å². The van der Waals surface area contributed by atoms with Crippen LogP contribution in [0, 0.1) is 5.92 Å². The van der Waals surface area contributed by atoms with Crippen molar-refractivity contribution in [1.82, 2.24) is 4.98 Å². The number of anilines is 2. The second-order valence-electron chi connectivity index (χ2n) is 6.02. The molecule has 1 saturated carbocycles. The van der Waals surface area contributed by atoms with Gasteiger partial charge in [0.2, 0.25) is 5.91 Å². The fraction of sp³-hybridized carbons (Fsp3) is 0.167. The largest absolute Gasteiger partial charge is 0.322 e. The van der Waals surface area contributed by atoms with E-state index in [1.807, 2.05) is 6.07 Å². The molecule has 0 aliphatic heterocycles. The third kappa shape index (κ3) is 3.53.